The van der Waals surface area contributed by atoms with Crippen LogP contribution in [0, 0.1) is 5.92 Å². The number of hydrogen-bond donors (Lipinski definition) is 2. The van der Waals surface area contributed by atoms with Crippen LogP contribution in [-0.4, -0.2) is 33.2 Å². The van der Waals surface area contributed by atoms with Crippen LogP contribution >= 0.6 is 0 Å². The third-order valence-electron chi connectivity index (χ3n) is 3.53. The molecule has 1 heterocycles. The van der Waals surface area contributed by atoms with Crippen molar-refractivity contribution in [2.24, 2.45) is 5.92 Å². The van der Waals surface area contributed by atoms with Crippen LogP contribution in [-0.2, 0) is 14.6 Å². The Morgan fingerprint density at radius 3 is 2.80 bits per heavy atom. The van der Waals surface area contributed by atoms with Gasteiger partial charge in [0.2, 0.25) is 5.91 Å². The first-order valence-corrected chi connectivity index (χ1v) is 8.53. The second kappa shape index (κ2) is 6.37. The van der Waals surface area contributed by atoms with Gasteiger partial charge in [-0.25, -0.2) is 8.42 Å². The van der Waals surface area contributed by atoms with E-state index in [2.05, 4.69) is 10.6 Å². The number of piperidine rings is 1. The maximum atomic E-state index is 12.2. The van der Waals surface area contributed by atoms with E-state index in [1.807, 2.05) is 0 Å². The normalized spacial score (nSPS) is 19.6. The van der Waals surface area contributed by atoms with Crippen molar-refractivity contribution in [1.29, 1.82) is 0 Å². The molecule has 2 rings (SSSR count). The third kappa shape index (κ3) is 3.37. The number of amides is 1. The average Bonchev–Trinajstić information content (AvgIpc) is 2.48. The SMILES string of the molecule is CCS(=O)(=O)c1ccccc1NC(=O)[C@@H]1CCCNC1. The lowest BCUT2D eigenvalue weighted by Crippen LogP contribution is -2.37. The van der Waals surface area contributed by atoms with E-state index in [4.69, 9.17) is 0 Å². The molecular weight excluding hydrogens is 276 g/mol. The standard InChI is InChI=1S/C14H20N2O3S/c1-2-20(18,19)13-8-4-3-7-12(13)16-14(17)11-6-5-9-15-10-11/h3-4,7-8,11,15H,2,5-6,9-10H2,1H3,(H,16,17)/t11-/m1/s1. The highest BCUT2D eigenvalue weighted by Gasteiger charge is 2.23. The lowest BCUT2D eigenvalue weighted by molar-refractivity contribution is -0.120. The largest absolute Gasteiger partial charge is 0.325 e. The molecule has 0 bridgehead atoms. The van der Waals surface area contributed by atoms with E-state index in [1.165, 1.54) is 6.07 Å². The fourth-order valence-corrected chi connectivity index (χ4v) is 3.36. The third-order valence-corrected chi connectivity index (χ3v) is 5.31. The molecule has 1 aliphatic heterocycles. The van der Waals surface area contributed by atoms with E-state index in [-0.39, 0.29) is 22.5 Å². The zero-order chi connectivity index (χ0) is 14.6. The van der Waals surface area contributed by atoms with Gasteiger partial charge in [-0.3, -0.25) is 4.79 Å². The van der Waals surface area contributed by atoms with Crippen molar-refractivity contribution in [2.75, 3.05) is 24.2 Å². The summed E-state index contributed by atoms with van der Waals surface area (Å²) in [4.78, 5) is 12.4. The molecule has 0 unspecified atom stereocenters. The lowest BCUT2D eigenvalue weighted by Gasteiger charge is -2.22. The van der Waals surface area contributed by atoms with Crippen LogP contribution < -0.4 is 10.6 Å². The molecule has 6 heteroatoms. The summed E-state index contributed by atoms with van der Waals surface area (Å²) in [6.45, 7) is 3.18. The predicted molar refractivity (Wildman–Crippen MR) is 78.4 cm³/mol. The van der Waals surface area contributed by atoms with Gasteiger partial charge >= 0.3 is 0 Å². The molecule has 1 fully saturated rings. The number of hydrogen-bond acceptors (Lipinski definition) is 4. The molecule has 1 aromatic rings. The summed E-state index contributed by atoms with van der Waals surface area (Å²) >= 11 is 0. The van der Waals surface area contributed by atoms with E-state index in [9.17, 15) is 13.2 Å². The van der Waals surface area contributed by atoms with E-state index in [0.717, 1.165) is 19.4 Å². The number of anilines is 1. The minimum absolute atomic E-state index is 0.0187. The number of rotatable bonds is 4. The Morgan fingerprint density at radius 2 is 2.15 bits per heavy atom. The summed E-state index contributed by atoms with van der Waals surface area (Å²) in [7, 11) is -3.34. The van der Waals surface area contributed by atoms with Gasteiger partial charge in [-0.2, -0.15) is 0 Å². The van der Waals surface area contributed by atoms with Gasteiger partial charge in [-0.1, -0.05) is 19.1 Å². The van der Waals surface area contributed by atoms with Crippen molar-refractivity contribution >= 4 is 21.4 Å². The van der Waals surface area contributed by atoms with Gasteiger partial charge < -0.3 is 10.6 Å². The molecule has 110 valence electrons. The molecule has 2 N–H and O–H groups in total. The molecule has 1 saturated heterocycles. The number of sulfone groups is 1. The molecule has 1 aliphatic rings. The van der Waals surface area contributed by atoms with Crippen LogP contribution in [0.1, 0.15) is 19.8 Å². The van der Waals surface area contributed by atoms with Gasteiger partial charge in [-0.05, 0) is 31.5 Å². The topological polar surface area (TPSA) is 75.3 Å². The molecule has 0 aromatic heterocycles. The van der Waals surface area contributed by atoms with Crippen LogP contribution in [0.15, 0.2) is 29.2 Å². The Hall–Kier alpha value is -1.40. The molecular formula is C14H20N2O3S. The Morgan fingerprint density at radius 1 is 1.40 bits per heavy atom. The number of para-hydroxylation sites is 1. The zero-order valence-electron chi connectivity index (χ0n) is 11.6. The van der Waals surface area contributed by atoms with Gasteiger partial charge in [0.1, 0.15) is 0 Å². The van der Waals surface area contributed by atoms with Crippen LogP contribution in [0.5, 0.6) is 0 Å². The summed E-state index contributed by atoms with van der Waals surface area (Å²) in [5.41, 5.74) is 0.380. The highest BCUT2D eigenvalue weighted by atomic mass is 32.2. The van der Waals surface area contributed by atoms with Crippen molar-refractivity contribution in [2.45, 2.75) is 24.7 Å². The number of nitrogens with one attached hydrogen (secondary N) is 2. The molecule has 0 radical (unpaired) electrons. The first kappa shape index (κ1) is 15.0. The summed E-state index contributed by atoms with van der Waals surface area (Å²) in [6.07, 6.45) is 1.80. The molecule has 0 saturated carbocycles. The lowest BCUT2D eigenvalue weighted by atomic mass is 9.99. The highest BCUT2D eigenvalue weighted by molar-refractivity contribution is 7.91. The number of carbonyl (C=O) groups is 1. The molecule has 1 atom stereocenters. The van der Waals surface area contributed by atoms with E-state index in [0.29, 0.717) is 12.2 Å². The average molecular weight is 296 g/mol. The maximum Gasteiger partial charge on any atom is 0.228 e. The van der Waals surface area contributed by atoms with E-state index < -0.39 is 9.84 Å². The second-order valence-electron chi connectivity index (χ2n) is 4.93. The predicted octanol–water partition coefficient (Wildman–Crippen LogP) is 1.42. The summed E-state index contributed by atoms with van der Waals surface area (Å²) in [6, 6.07) is 6.56. The molecule has 0 aliphatic carbocycles. The van der Waals surface area contributed by atoms with Crippen LogP contribution in [0.4, 0.5) is 5.69 Å². The fraction of sp³-hybridized carbons (Fsp3) is 0.500. The van der Waals surface area contributed by atoms with Gasteiger partial charge in [0.25, 0.3) is 0 Å². The fourth-order valence-electron chi connectivity index (χ4n) is 2.31. The Bertz CT molecular complexity index is 578. The molecule has 1 amide bonds. The molecule has 20 heavy (non-hydrogen) atoms. The van der Waals surface area contributed by atoms with Crippen molar-refractivity contribution in [3.63, 3.8) is 0 Å². The smallest absolute Gasteiger partial charge is 0.228 e. The van der Waals surface area contributed by atoms with Crippen molar-refractivity contribution in [1.82, 2.24) is 5.32 Å². The van der Waals surface area contributed by atoms with E-state index in [1.54, 1.807) is 25.1 Å². The first-order chi connectivity index (χ1) is 9.54. The monoisotopic (exact) mass is 296 g/mol. The number of carbonyl (C=O) groups excluding carboxylic acids is 1. The Labute approximate surface area is 119 Å². The molecule has 1 aromatic carbocycles. The summed E-state index contributed by atoms with van der Waals surface area (Å²) in [5, 5.41) is 5.94. The number of benzene rings is 1. The summed E-state index contributed by atoms with van der Waals surface area (Å²) in [5.74, 6) is -0.192. The van der Waals surface area contributed by atoms with Gasteiger partial charge in [0.05, 0.1) is 22.3 Å². The minimum Gasteiger partial charge on any atom is -0.325 e. The minimum atomic E-state index is -3.34. The Balaban J connectivity index is 2.19. The van der Waals surface area contributed by atoms with Crippen LogP contribution in [0.25, 0.3) is 0 Å². The van der Waals surface area contributed by atoms with Gasteiger partial charge in [-0.15, -0.1) is 0 Å². The highest BCUT2D eigenvalue weighted by Crippen LogP contribution is 2.23. The molecule has 5 nitrogen and oxygen atoms in total. The van der Waals surface area contributed by atoms with Crippen LogP contribution in [0.3, 0.4) is 0 Å². The maximum absolute atomic E-state index is 12.2. The zero-order valence-corrected chi connectivity index (χ0v) is 12.4. The second-order valence-corrected chi connectivity index (χ2v) is 7.18. The summed E-state index contributed by atoms with van der Waals surface area (Å²) < 4.78 is 24.0. The van der Waals surface area contributed by atoms with Crippen LogP contribution in [0.2, 0.25) is 0 Å². The Kier molecular flexibility index (Phi) is 4.77. The van der Waals surface area contributed by atoms with E-state index >= 15 is 0 Å². The molecule has 0 spiro atoms. The van der Waals surface area contributed by atoms with Crippen molar-refractivity contribution in [3.8, 4) is 0 Å². The first-order valence-electron chi connectivity index (χ1n) is 6.88. The van der Waals surface area contributed by atoms with Gasteiger partial charge in [0.15, 0.2) is 9.84 Å². The quantitative estimate of drug-likeness (QED) is 0.881. The van der Waals surface area contributed by atoms with Crippen molar-refractivity contribution in [3.05, 3.63) is 24.3 Å². The van der Waals surface area contributed by atoms with Crippen molar-refractivity contribution < 1.29 is 13.2 Å². The van der Waals surface area contributed by atoms with Gasteiger partial charge in [0, 0.05) is 6.54 Å².